The van der Waals surface area contributed by atoms with E-state index < -0.39 is 16.0 Å². The van der Waals surface area contributed by atoms with E-state index in [2.05, 4.69) is 10.1 Å². The molecular formula is C26H22N4O4S. The van der Waals surface area contributed by atoms with Crippen LogP contribution in [-0.4, -0.2) is 38.2 Å². The number of carbonyl (C=O) groups is 1. The first kappa shape index (κ1) is 22.5. The van der Waals surface area contributed by atoms with Crippen molar-refractivity contribution in [2.24, 2.45) is 0 Å². The van der Waals surface area contributed by atoms with Crippen LogP contribution in [0.25, 0.3) is 27.7 Å². The lowest BCUT2D eigenvalue weighted by atomic mass is 10.0. The van der Waals surface area contributed by atoms with E-state index in [1.165, 1.54) is 16.4 Å². The van der Waals surface area contributed by atoms with Gasteiger partial charge in [0.15, 0.2) is 0 Å². The summed E-state index contributed by atoms with van der Waals surface area (Å²) >= 11 is 0. The molecule has 35 heavy (non-hydrogen) atoms. The Bertz CT molecular complexity index is 1640. The zero-order valence-corrected chi connectivity index (χ0v) is 19.7. The molecule has 3 aromatic heterocycles. The molecular weight excluding hydrogens is 464 g/mol. The van der Waals surface area contributed by atoms with Gasteiger partial charge in [0, 0.05) is 36.0 Å². The molecule has 1 N–H and O–H groups in total. The van der Waals surface area contributed by atoms with E-state index in [4.69, 9.17) is 0 Å². The third-order valence-corrected chi connectivity index (χ3v) is 7.74. The molecule has 5 aromatic rings. The average molecular weight is 487 g/mol. The number of fused-ring (bicyclic) bond motifs is 1. The fourth-order valence-electron chi connectivity index (χ4n) is 4.20. The maximum Gasteiger partial charge on any atom is 0.303 e. The number of carboxylic acid groups (broad SMARTS) is 1. The fraction of sp³-hybridized carbons (Fsp3) is 0.115. The number of aryl methyl sites for hydroxylation is 1. The van der Waals surface area contributed by atoms with Crippen LogP contribution in [0.5, 0.6) is 0 Å². The molecule has 0 saturated heterocycles. The highest BCUT2D eigenvalue weighted by Gasteiger charge is 2.26. The Morgan fingerprint density at radius 1 is 1.00 bits per heavy atom. The summed E-state index contributed by atoms with van der Waals surface area (Å²) in [6, 6.07) is 18.5. The highest BCUT2D eigenvalue weighted by Crippen LogP contribution is 2.32. The third kappa shape index (κ3) is 4.10. The Morgan fingerprint density at radius 3 is 2.51 bits per heavy atom. The molecule has 8 nitrogen and oxygen atoms in total. The summed E-state index contributed by atoms with van der Waals surface area (Å²) in [7, 11) is -4.01. The highest BCUT2D eigenvalue weighted by atomic mass is 32.2. The van der Waals surface area contributed by atoms with Gasteiger partial charge in [-0.15, -0.1) is 0 Å². The van der Waals surface area contributed by atoms with Crippen molar-refractivity contribution < 1.29 is 18.3 Å². The SMILES string of the molecule is Cc1c(S(=O)(=O)n2cc(CCC(=O)O)c3cc(-c4cccnc4)ccc32)cnn1-c1ccccc1. The summed E-state index contributed by atoms with van der Waals surface area (Å²) in [5.74, 6) is -0.947. The van der Waals surface area contributed by atoms with Crippen LogP contribution in [0.3, 0.4) is 0 Å². The predicted octanol–water partition coefficient (Wildman–Crippen LogP) is 4.45. The lowest BCUT2D eigenvalue weighted by Gasteiger charge is -2.09. The second-order valence-corrected chi connectivity index (χ2v) is 9.95. The molecule has 9 heteroatoms. The van der Waals surface area contributed by atoms with Crippen molar-refractivity contribution in [3.8, 4) is 16.8 Å². The second kappa shape index (κ2) is 8.84. The number of aliphatic carboxylic acids is 1. The summed E-state index contributed by atoms with van der Waals surface area (Å²) in [5.41, 5.74) is 4.11. The standard InChI is InChI=1S/C26H22N4O4S/c1-18-25(16-28-30(18)22-7-3-2-4-8-22)35(33,34)29-17-21(10-12-26(31)32)23-14-19(9-11-24(23)29)20-6-5-13-27-15-20/h2-9,11,13-17H,10,12H2,1H3,(H,31,32). The maximum absolute atomic E-state index is 13.8. The van der Waals surface area contributed by atoms with E-state index in [0.717, 1.165) is 16.8 Å². The zero-order valence-electron chi connectivity index (χ0n) is 18.9. The summed E-state index contributed by atoms with van der Waals surface area (Å²) in [6.45, 7) is 1.71. The van der Waals surface area contributed by atoms with E-state index in [-0.39, 0.29) is 17.7 Å². The Morgan fingerprint density at radius 2 is 1.80 bits per heavy atom. The summed E-state index contributed by atoms with van der Waals surface area (Å²) in [6.07, 6.45) is 6.38. The number of hydrogen-bond acceptors (Lipinski definition) is 5. The number of hydrogen-bond donors (Lipinski definition) is 1. The van der Waals surface area contributed by atoms with Gasteiger partial charge in [-0.2, -0.15) is 5.10 Å². The van der Waals surface area contributed by atoms with Crippen LogP contribution in [-0.2, 0) is 21.2 Å². The number of aromatic nitrogens is 4. The quantitative estimate of drug-likeness (QED) is 0.364. The van der Waals surface area contributed by atoms with E-state index in [9.17, 15) is 18.3 Å². The largest absolute Gasteiger partial charge is 0.481 e. The highest BCUT2D eigenvalue weighted by molar-refractivity contribution is 7.90. The second-order valence-electron chi connectivity index (χ2n) is 8.16. The van der Waals surface area contributed by atoms with E-state index in [0.29, 0.717) is 22.2 Å². The monoisotopic (exact) mass is 486 g/mol. The molecule has 0 radical (unpaired) electrons. The summed E-state index contributed by atoms with van der Waals surface area (Å²) in [5, 5.41) is 14.2. The van der Waals surface area contributed by atoms with Gasteiger partial charge in [-0.05, 0) is 54.8 Å². The Kier molecular flexibility index (Phi) is 5.70. The number of para-hydroxylation sites is 1. The van der Waals surface area contributed by atoms with Gasteiger partial charge < -0.3 is 5.11 Å². The van der Waals surface area contributed by atoms with Crippen LogP contribution >= 0.6 is 0 Å². The van der Waals surface area contributed by atoms with Gasteiger partial charge in [0.25, 0.3) is 10.0 Å². The van der Waals surface area contributed by atoms with Gasteiger partial charge in [0.2, 0.25) is 0 Å². The number of carboxylic acids is 1. The van der Waals surface area contributed by atoms with Crippen LogP contribution in [0.4, 0.5) is 0 Å². The van der Waals surface area contributed by atoms with Crippen LogP contribution in [0.1, 0.15) is 17.7 Å². The number of benzene rings is 2. The lowest BCUT2D eigenvalue weighted by Crippen LogP contribution is -2.13. The Balaban J connectivity index is 1.66. The van der Waals surface area contributed by atoms with Crippen molar-refractivity contribution in [3.63, 3.8) is 0 Å². The van der Waals surface area contributed by atoms with Gasteiger partial charge in [0.1, 0.15) is 4.90 Å². The van der Waals surface area contributed by atoms with Crippen molar-refractivity contribution in [1.82, 2.24) is 18.7 Å². The fourth-order valence-corrected chi connectivity index (χ4v) is 5.74. The molecule has 0 aliphatic carbocycles. The molecule has 2 aromatic carbocycles. The van der Waals surface area contributed by atoms with Gasteiger partial charge in [-0.25, -0.2) is 17.1 Å². The first-order valence-corrected chi connectivity index (χ1v) is 12.4. The van der Waals surface area contributed by atoms with Crippen LogP contribution < -0.4 is 0 Å². The molecule has 0 spiro atoms. The number of pyridine rings is 1. The molecule has 0 amide bonds. The van der Waals surface area contributed by atoms with E-state index in [1.807, 2.05) is 54.6 Å². The summed E-state index contributed by atoms with van der Waals surface area (Å²) < 4.78 is 30.4. The minimum Gasteiger partial charge on any atom is -0.481 e. The third-order valence-electron chi connectivity index (χ3n) is 5.96. The first-order chi connectivity index (χ1) is 16.9. The molecule has 0 unspecified atom stereocenters. The minimum absolute atomic E-state index is 0.0828. The normalized spacial score (nSPS) is 11.7. The molecule has 0 saturated carbocycles. The smallest absolute Gasteiger partial charge is 0.303 e. The van der Waals surface area contributed by atoms with Gasteiger partial charge in [-0.3, -0.25) is 9.78 Å². The van der Waals surface area contributed by atoms with Crippen molar-refractivity contribution in [1.29, 1.82) is 0 Å². The minimum atomic E-state index is -4.01. The maximum atomic E-state index is 13.8. The number of rotatable bonds is 7. The Labute approximate surface area is 202 Å². The van der Waals surface area contributed by atoms with Gasteiger partial charge in [0.05, 0.1) is 23.1 Å². The van der Waals surface area contributed by atoms with Crippen molar-refractivity contribution in [2.75, 3.05) is 0 Å². The summed E-state index contributed by atoms with van der Waals surface area (Å²) in [4.78, 5) is 15.5. The van der Waals surface area contributed by atoms with Crippen molar-refractivity contribution >= 4 is 26.9 Å². The molecule has 0 fully saturated rings. The van der Waals surface area contributed by atoms with Crippen molar-refractivity contribution in [3.05, 3.63) is 96.7 Å². The van der Waals surface area contributed by atoms with Gasteiger partial charge in [-0.1, -0.05) is 30.3 Å². The number of nitrogens with zero attached hydrogens (tertiary/aromatic N) is 4. The van der Waals surface area contributed by atoms with Crippen LogP contribution in [0, 0.1) is 6.92 Å². The predicted molar refractivity (Wildman–Crippen MR) is 132 cm³/mol. The molecule has 176 valence electrons. The molecule has 0 aliphatic rings. The lowest BCUT2D eigenvalue weighted by molar-refractivity contribution is -0.136. The molecule has 3 heterocycles. The molecule has 0 bridgehead atoms. The first-order valence-electron chi connectivity index (χ1n) is 11.0. The van der Waals surface area contributed by atoms with Gasteiger partial charge >= 0.3 is 5.97 Å². The molecule has 5 rings (SSSR count). The topological polar surface area (TPSA) is 107 Å². The van der Waals surface area contributed by atoms with Crippen molar-refractivity contribution in [2.45, 2.75) is 24.7 Å². The molecule has 0 atom stereocenters. The zero-order chi connectivity index (χ0) is 24.6. The average Bonchev–Trinajstić information content (AvgIpc) is 3.45. The van der Waals surface area contributed by atoms with E-state index >= 15 is 0 Å². The van der Waals surface area contributed by atoms with Crippen LogP contribution in [0.15, 0.2) is 90.3 Å². The van der Waals surface area contributed by atoms with E-state index in [1.54, 1.807) is 30.1 Å². The molecule has 0 aliphatic heterocycles. The van der Waals surface area contributed by atoms with Crippen LogP contribution in [0.2, 0.25) is 0 Å². The Hall–Kier alpha value is -4.24.